The van der Waals surface area contributed by atoms with Crippen LogP contribution in [0, 0.1) is 0 Å². The molecule has 158 valence electrons. The zero-order valence-corrected chi connectivity index (χ0v) is 17.9. The average Bonchev–Trinajstić information content (AvgIpc) is 3.31. The fourth-order valence-electron chi connectivity index (χ4n) is 4.39. The second-order valence-electron chi connectivity index (χ2n) is 8.52. The molecule has 0 spiro atoms. The van der Waals surface area contributed by atoms with Crippen LogP contribution in [-0.2, 0) is 0 Å². The van der Waals surface area contributed by atoms with Gasteiger partial charge >= 0.3 is 0 Å². The minimum absolute atomic E-state index is 0.145. The van der Waals surface area contributed by atoms with Crippen LogP contribution in [0.4, 0.5) is 0 Å². The quantitative estimate of drug-likeness (QED) is 0.689. The molecule has 0 aromatic heterocycles. The number of nitrogens with zero attached hydrogens (tertiary/aromatic N) is 2. The van der Waals surface area contributed by atoms with Gasteiger partial charge in [0.15, 0.2) is 0 Å². The number of carbonyl (C=O) groups excluding carboxylic acids is 1. The van der Waals surface area contributed by atoms with E-state index in [9.17, 15) is 4.79 Å². The molecule has 4 nitrogen and oxygen atoms in total. The lowest BCUT2D eigenvalue weighted by molar-refractivity contribution is 0.0792. The summed E-state index contributed by atoms with van der Waals surface area (Å²) in [6.07, 6.45) is 6.83. The summed E-state index contributed by atoms with van der Waals surface area (Å²) in [4.78, 5) is 16.9. The fourth-order valence-corrected chi connectivity index (χ4v) is 4.39. The summed E-state index contributed by atoms with van der Waals surface area (Å²) in [5.74, 6) is 1.01. The fraction of sp³-hybridized carbons (Fsp3) is 0.423. The van der Waals surface area contributed by atoms with Gasteiger partial charge in [-0.3, -0.25) is 9.69 Å². The van der Waals surface area contributed by atoms with Gasteiger partial charge in [0, 0.05) is 38.3 Å². The molecule has 4 heteroatoms. The van der Waals surface area contributed by atoms with Gasteiger partial charge < -0.3 is 9.64 Å². The first-order valence-electron chi connectivity index (χ1n) is 11.2. The molecule has 2 aromatic carbocycles. The molecule has 0 saturated carbocycles. The molecule has 0 N–H and O–H groups in total. The summed E-state index contributed by atoms with van der Waals surface area (Å²) >= 11 is 0. The first-order valence-corrected chi connectivity index (χ1v) is 11.2. The Labute approximate surface area is 180 Å². The topological polar surface area (TPSA) is 32.8 Å². The van der Waals surface area contributed by atoms with Crippen molar-refractivity contribution in [2.45, 2.75) is 38.7 Å². The summed E-state index contributed by atoms with van der Waals surface area (Å²) in [6.45, 7) is 7.09. The molecule has 0 unspecified atom stereocenters. The number of rotatable bonds is 6. The van der Waals surface area contributed by atoms with E-state index in [2.05, 4.69) is 48.2 Å². The van der Waals surface area contributed by atoms with E-state index in [-0.39, 0.29) is 12.0 Å². The number of hydrogen-bond donors (Lipinski definition) is 0. The van der Waals surface area contributed by atoms with Crippen LogP contribution in [-0.4, -0.2) is 54.5 Å². The Morgan fingerprint density at radius 2 is 1.63 bits per heavy atom. The highest BCUT2D eigenvalue weighted by atomic mass is 16.5. The predicted octanol–water partition coefficient (Wildman–Crippen LogP) is 4.87. The van der Waals surface area contributed by atoms with Gasteiger partial charge in [0.2, 0.25) is 0 Å². The molecule has 2 fully saturated rings. The first-order chi connectivity index (χ1) is 14.7. The molecule has 1 amide bonds. The molecule has 2 heterocycles. The largest absolute Gasteiger partial charge is 0.490 e. The maximum atomic E-state index is 12.5. The van der Waals surface area contributed by atoms with Crippen molar-refractivity contribution in [1.82, 2.24) is 9.80 Å². The van der Waals surface area contributed by atoms with Crippen LogP contribution >= 0.6 is 0 Å². The highest BCUT2D eigenvalue weighted by Gasteiger charge is 2.22. The predicted molar refractivity (Wildman–Crippen MR) is 122 cm³/mol. The molecule has 2 aromatic rings. The summed E-state index contributed by atoms with van der Waals surface area (Å²) < 4.78 is 6.20. The molecule has 30 heavy (non-hydrogen) atoms. The van der Waals surface area contributed by atoms with Crippen molar-refractivity contribution in [2.24, 2.45) is 0 Å². The van der Waals surface area contributed by atoms with Crippen molar-refractivity contribution >= 4 is 12.0 Å². The molecule has 0 atom stereocenters. The number of ether oxygens (including phenoxy) is 1. The van der Waals surface area contributed by atoms with Crippen molar-refractivity contribution in [3.05, 3.63) is 71.3 Å². The second-order valence-corrected chi connectivity index (χ2v) is 8.52. The van der Waals surface area contributed by atoms with E-state index in [0.29, 0.717) is 0 Å². The van der Waals surface area contributed by atoms with Crippen LogP contribution < -0.4 is 4.74 Å². The van der Waals surface area contributed by atoms with Gasteiger partial charge in [0.25, 0.3) is 5.91 Å². The van der Waals surface area contributed by atoms with E-state index < -0.39 is 0 Å². The molecule has 2 aliphatic rings. The lowest BCUT2D eigenvalue weighted by Crippen LogP contribution is -2.39. The number of piperidine rings is 1. The summed E-state index contributed by atoms with van der Waals surface area (Å²) in [7, 11) is 0. The highest BCUT2D eigenvalue weighted by molar-refractivity contribution is 5.94. The maximum absolute atomic E-state index is 12.5. The molecular formula is C26H32N2O2. The normalized spacial score (nSPS) is 18.6. The van der Waals surface area contributed by atoms with Crippen molar-refractivity contribution < 1.29 is 9.53 Å². The van der Waals surface area contributed by atoms with Crippen molar-refractivity contribution in [3.63, 3.8) is 0 Å². The van der Waals surface area contributed by atoms with E-state index >= 15 is 0 Å². The molecule has 2 saturated heterocycles. The van der Waals surface area contributed by atoms with Crippen LogP contribution in [0.25, 0.3) is 6.08 Å². The monoisotopic (exact) mass is 404 g/mol. The van der Waals surface area contributed by atoms with E-state index in [1.165, 1.54) is 11.1 Å². The molecule has 0 bridgehead atoms. The molecular weight excluding hydrogens is 372 g/mol. The van der Waals surface area contributed by atoms with Crippen LogP contribution in [0.3, 0.4) is 0 Å². The standard InChI is InChI=1S/C26H32N2O2/c1-21(19-22-7-3-2-4-8-22)20-27-17-13-25(14-18-27)30-24-11-9-23(10-12-24)26(29)28-15-5-6-16-28/h2-4,7-12,19,25H,5-6,13-18,20H2,1H3/b21-19+. The lowest BCUT2D eigenvalue weighted by Gasteiger charge is -2.32. The maximum Gasteiger partial charge on any atom is 0.253 e. The number of amides is 1. The van der Waals surface area contributed by atoms with Crippen molar-refractivity contribution in [2.75, 3.05) is 32.7 Å². The van der Waals surface area contributed by atoms with Gasteiger partial charge in [-0.25, -0.2) is 0 Å². The second kappa shape index (κ2) is 9.94. The Balaban J connectivity index is 1.23. The number of likely N-dealkylation sites (tertiary alicyclic amines) is 2. The van der Waals surface area contributed by atoms with Gasteiger partial charge in [-0.1, -0.05) is 42.0 Å². The minimum Gasteiger partial charge on any atom is -0.490 e. The van der Waals surface area contributed by atoms with E-state index in [1.807, 2.05) is 29.2 Å². The Hall–Kier alpha value is -2.59. The minimum atomic E-state index is 0.145. The zero-order valence-electron chi connectivity index (χ0n) is 17.9. The van der Waals surface area contributed by atoms with Gasteiger partial charge in [-0.2, -0.15) is 0 Å². The van der Waals surface area contributed by atoms with Crippen molar-refractivity contribution in [1.29, 1.82) is 0 Å². The summed E-state index contributed by atoms with van der Waals surface area (Å²) in [6, 6.07) is 18.2. The van der Waals surface area contributed by atoms with Gasteiger partial charge in [-0.05, 0) is 62.4 Å². The van der Waals surface area contributed by atoms with Crippen LogP contribution in [0.1, 0.15) is 48.5 Å². The number of benzene rings is 2. The Morgan fingerprint density at radius 1 is 0.967 bits per heavy atom. The zero-order chi connectivity index (χ0) is 20.8. The Morgan fingerprint density at radius 3 is 2.30 bits per heavy atom. The molecule has 2 aliphatic heterocycles. The summed E-state index contributed by atoms with van der Waals surface area (Å²) in [5.41, 5.74) is 3.42. The molecule has 0 aliphatic carbocycles. The van der Waals surface area contributed by atoms with E-state index in [1.54, 1.807) is 0 Å². The third-order valence-electron chi connectivity index (χ3n) is 6.02. The van der Waals surface area contributed by atoms with E-state index in [4.69, 9.17) is 4.74 Å². The number of hydrogen-bond acceptors (Lipinski definition) is 3. The van der Waals surface area contributed by atoms with E-state index in [0.717, 1.165) is 69.7 Å². The average molecular weight is 405 g/mol. The van der Waals surface area contributed by atoms with Crippen molar-refractivity contribution in [3.8, 4) is 5.75 Å². The van der Waals surface area contributed by atoms with Crippen LogP contribution in [0.2, 0.25) is 0 Å². The highest BCUT2D eigenvalue weighted by Crippen LogP contribution is 2.22. The lowest BCUT2D eigenvalue weighted by atomic mass is 10.1. The third kappa shape index (κ3) is 5.51. The molecule has 0 radical (unpaired) electrons. The third-order valence-corrected chi connectivity index (χ3v) is 6.02. The van der Waals surface area contributed by atoms with Gasteiger partial charge in [0.1, 0.15) is 11.9 Å². The van der Waals surface area contributed by atoms with Gasteiger partial charge in [-0.15, -0.1) is 0 Å². The van der Waals surface area contributed by atoms with Crippen LogP contribution in [0.15, 0.2) is 60.2 Å². The molecule has 4 rings (SSSR count). The first kappa shape index (κ1) is 20.7. The van der Waals surface area contributed by atoms with Crippen LogP contribution in [0.5, 0.6) is 5.75 Å². The smallest absolute Gasteiger partial charge is 0.253 e. The number of carbonyl (C=O) groups is 1. The summed E-state index contributed by atoms with van der Waals surface area (Å²) in [5, 5.41) is 0. The Kier molecular flexibility index (Phi) is 6.85. The van der Waals surface area contributed by atoms with Gasteiger partial charge in [0.05, 0.1) is 0 Å². The Bertz CT molecular complexity index is 846. The SMILES string of the molecule is C/C(=C\c1ccccc1)CN1CCC(Oc2ccc(C(=O)N3CCCC3)cc2)CC1.